The van der Waals surface area contributed by atoms with Crippen molar-refractivity contribution in [3.63, 3.8) is 0 Å². The molecule has 3 rings (SSSR count). The highest BCUT2D eigenvalue weighted by Crippen LogP contribution is 2.20. The Labute approximate surface area is 128 Å². The van der Waals surface area contributed by atoms with E-state index in [1.54, 1.807) is 4.90 Å². The minimum Gasteiger partial charge on any atom is -0.342 e. The van der Waals surface area contributed by atoms with Crippen LogP contribution in [0.1, 0.15) is 12.1 Å². The van der Waals surface area contributed by atoms with Crippen molar-refractivity contribution in [2.24, 2.45) is 11.1 Å². The number of para-hydroxylation sites is 1. The molecule has 22 heavy (non-hydrogen) atoms. The van der Waals surface area contributed by atoms with Gasteiger partial charge in [-0.1, -0.05) is 18.2 Å². The Balaban J connectivity index is 1.66. The quantitative estimate of drug-likeness (QED) is 0.840. The number of hydrogen-bond acceptors (Lipinski definition) is 4. The Morgan fingerprint density at radius 2 is 2.18 bits per heavy atom. The first-order chi connectivity index (χ1) is 10.4. The third-order valence-corrected chi connectivity index (χ3v) is 4.91. The molecule has 1 atom stereocenters. The summed E-state index contributed by atoms with van der Waals surface area (Å²) in [5, 5.41) is 13.1. The molecular formula is C14H18N4O3S. The number of fused-ring (bicyclic) bond motifs is 1. The molecule has 118 valence electrons. The molecule has 0 radical (unpaired) electrons. The van der Waals surface area contributed by atoms with Gasteiger partial charge in [-0.05, 0) is 18.4 Å². The summed E-state index contributed by atoms with van der Waals surface area (Å²) in [6.45, 7) is 1.02. The van der Waals surface area contributed by atoms with E-state index >= 15 is 0 Å². The molecule has 0 bridgehead atoms. The third kappa shape index (κ3) is 3.28. The van der Waals surface area contributed by atoms with E-state index in [-0.39, 0.29) is 24.0 Å². The second-order valence-electron chi connectivity index (χ2n) is 5.72. The Morgan fingerprint density at radius 1 is 1.41 bits per heavy atom. The van der Waals surface area contributed by atoms with Crippen LogP contribution >= 0.6 is 0 Å². The van der Waals surface area contributed by atoms with Gasteiger partial charge in [-0.2, -0.15) is 5.10 Å². The van der Waals surface area contributed by atoms with E-state index < -0.39 is 10.0 Å². The summed E-state index contributed by atoms with van der Waals surface area (Å²) in [4.78, 5) is 14.1. The number of rotatable bonds is 4. The molecule has 3 N–H and O–H groups in total. The van der Waals surface area contributed by atoms with Crippen molar-refractivity contribution < 1.29 is 13.2 Å². The second kappa shape index (κ2) is 5.69. The van der Waals surface area contributed by atoms with E-state index in [0.29, 0.717) is 19.5 Å². The maximum absolute atomic E-state index is 12.4. The average molecular weight is 322 g/mol. The predicted octanol–water partition coefficient (Wildman–Crippen LogP) is 0.242. The maximum atomic E-state index is 12.4. The van der Waals surface area contributed by atoms with Gasteiger partial charge in [0.15, 0.2) is 0 Å². The lowest BCUT2D eigenvalue weighted by Crippen LogP contribution is -2.32. The fourth-order valence-corrected chi connectivity index (χ4v) is 3.86. The predicted molar refractivity (Wildman–Crippen MR) is 82.5 cm³/mol. The molecule has 0 unspecified atom stereocenters. The monoisotopic (exact) mass is 322 g/mol. The molecule has 1 amide bonds. The first kappa shape index (κ1) is 15.0. The first-order valence-electron chi connectivity index (χ1n) is 7.12. The summed E-state index contributed by atoms with van der Waals surface area (Å²) >= 11 is 0. The maximum Gasteiger partial charge on any atom is 0.228 e. The van der Waals surface area contributed by atoms with Crippen LogP contribution in [0.25, 0.3) is 10.9 Å². The molecule has 8 heteroatoms. The zero-order chi connectivity index (χ0) is 15.7. The summed E-state index contributed by atoms with van der Waals surface area (Å²) < 4.78 is 22.3. The number of nitrogens with zero attached hydrogens (tertiary/aromatic N) is 2. The highest BCUT2D eigenvalue weighted by atomic mass is 32.2. The Hall–Kier alpha value is -1.93. The molecule has 0 aliphatic carbocycles. The number of hydrogen-bond donors (Lipinski definition) is 2. The SMILES string of the molecule is NS(=O)(=O)C[C@@H]1CCN(C(=O)Cc2[nH]nc3ccccc23)C1. The van der Waals surface area contributed by atoms with E-state index in [1.807, 2.05) is 24.3 Å². The van der Waals surface area contributed by atoms with E-state index in [1.165, 1.54) is 0 Å². The smallest absolute Gasteiger partial charge is 0.228 e. The van der Waals surface area contributed by atoms with Gasteiger partial charge in [0.1, 0.15) is 0 Å². The first-order valence-corrected chi connectivity index (χ1v) is 8.84. The number of benzene rings is 1. The van der Waals surface area contributed by atoms with Gasteiger partial charge in [0.25, 0.3) is 0 Å². The lowest BCUT2D eigenvalue weighted by atomic mass is 10.1. The minimum atomic E-state index is -3.49. The van der Waals surface area contributed by atoms with E-state index in [0.717, 1.165) is 16.6 Å². The molecule has 1 fully saturated rings. The zero-order valence-corrected chi connectivity index (χ0v) is 12.8. The van der Waals surface area contributed by atoms with Crippen LogP contribution in [0.15, 0.2) is 24.3 Å². The van der Waals surface area contributed by atoms with Crippen LogP contribution in [0.4, 0.5) is 0 Å². The van der Waals surface area contributed by atoms with Crippen molar-refractivity contribution in [2.75, 3.05) is 18.8 Å². The molecule has 1 aromatic carbocycles. The van der Waals surface area contributed by atoms with E-state index in [4.69, 9.17) is 5.14 Å². The summed E-state index contributed by atoms with van der Waals surface area (Å²) in [6.07, 6.45) is 0.911. The normalized spacial score (nSPS) is 19.0. The van der Waals surface area contributed by atoms with Gasteiger partial charge in [0, 0.05) is 18.5 Å². The fourth-order valence-electron chi connectivity index (χ4n) is 2.94. The Bertz CT molecular complexity index is 799. The Morgan fingerprint density at radius 3 is 2.95 bits per heavy atom. The number of aromatic amines is 1. The number of likely N-dealkylation sites (tertiary alicyclic amines) is 1. The average Bonchev–Trinajstić information content (AvgIpc) is 3.05. The zero-order valence-electron chi connectivity index (χ0n) is 12.0. The van der Waals surface area contributed by atoms with Crippen molar-refractivity contribution in [1.29, 1.82) is 0 Å². The van der Waals surface area contributed by atoms with Crippen molar-refractivity contribution in [1.82, 2.24) is 15.1 Å². The lowest BCUT2D eigenvalue weighted by molar-refractivity contribution is -0.129. The Kier molecular flexibility index (Phi) is 3.88. The van der Waals surface area contributed by atoms with Crippen molar-refractivity contribution >= 4 is 26.8 Å². The molecule has 1 aliphatic heterocycles. The number of amides is 1. The van der Waals surface area contributed by atoms with Crippen LogP contribution in [0.3, 0.4) is 0 Å². The summed E-state index contributed by atoms with van der Waals surface area (Å²) in [5.41, 5.74) is 1.62. The fraction of sp³-hybridized carbons (Fsp3) is 0.429. The molecule has 7 nitrogen and oxygen atoms in total. The molecule has 1 aromatic heterocycles. The van der Waals surface area contributed by atoms with E-state index in [2.05, 4.69) is 10.2 Å². The number of primary sulfonamides is 1. The molecule has 0 saturated carbocycles. The summed E-state index contributed by atoms with van der Waals surface area (Å²) in [5.74, 6) is -0.159. The van der Waals surface area contributed by atoms with Crippen molar-refractivity contribution in [3.05, 3.63) is 30.0 Å². The largest absolute Gasteiger partial charge is 0.342 e. The summed E-state index contributed by atoms with van der Waals surface area (Å²) in [6, 6.07) is 7.62. The number of nitrogens with two attached hydrogens (primary N) is 1. The highest BCUT2D eigenvalue weighted by Gasteiger charge is 2.29. The van der Waals surface area contributed by atoms with Crippen LogP contribution in [0, 0.1) is 5.92 Å². The second-order valence-corrected chi connectivity index (χ2v) is 7.38. The number of carbonyl (C=O) groups excluding carboxylic acids is 1. The van der Waals surface area contributed by atoms with Gasteiger partial charge in [-0.15, -0.1) is 0 Å². The van der Waals surface area contributed by atoms with Gasteiger partial charge in [-0.3, -0.25) is 9.89 Å². The lowest BCUT2D eigenvalue weighted by Gasteiger charge is -2.16. The highest BCUT2D eigenvalue weighted by molar-refractivity contribution is 7.89. The van der Waals surface area contributed by atoms with Gasteiger partial charge in [0.05, 0.1) is 23.4 Å². The van der Waals surface area contributed by atoms with Gasteiger partial charge >= 0.3 is 0 Å². The summed E-state index contributed by atoms with van der Waals surface area (Å²) in [7, 11) is -3.49. The van der Waals surface area contributed by atoms with Crippen molar-refractivity contribution in [2.45, 2.75) is 12.8 Å². The molecule has 1 saturated heterocycles. The van der Waals surface area contributed by atoms with E-state index in [9.17, 15) is 13.2 Å². The molecular weight excluding hydrogens is 304 g/mol. The van der Waals surface area contributed by atoms with Crippen molar-refractivity contribution in [3.8, 4) is 0 Å². The molecule has 1 aliphatic rings. The van der Waals surface area contributed by atoms with Crippen LogP contribution in [0.5, 0.6) is 0 Å². The number of carbonyl (C=O) groups is 1. The topological polar surface area (TPSA) is 109 Å². The van der Waals surface area contributed by atoms with Crippen LogP contribution in [-0.4, -0.2) is 48.3 Å². The van der Waals surface area contributed by atoms with Crippen LogP contribution in [-0.2, 0) is 21.2 Å². The minimum absolute atomic E-state index is 0.0219. The molecule has 2 heterocycles. The van der Waals surface area contributed by atoms with Crippen LogP contribution in [0.2, 0.25) is 0 Å². The van der Waals surface area contributed by atoms with Gasteiger partial charge in [0.2, 0.25) is 15.9 Å². The number of aromatic nitrogens is 2. The van der Waals surface area contributed by atoms with Gasteiger partial charge in [-0.25, -0.2) is 13.6 Å². The molecule has 2 aromatic rings. The number of sulfonamides is 1. The van der Waals surface area contributed by atoms with Gasteiger partial charge < -0.3 is 4.90 Å². The number of H-pyrrole nitrogens is 1. The van der Waals surface area contributed by atoms with Crippen LogP contribution < -0.4 is 5.14 Å². The number of nitrogens with one attached hydrogen (secondary N) is 1. The standard InChI is InChI=1S/C14H18N4O3S/c15-22(20,21)9-10-5-6-18(8-10)14(19)7-13-11-3-1-2-4-12(11)16-17-13/h1-4,10H,5-9H2,(H,16,17)(H2,15,20,21)/t10-/m1/s1. The third-order valence-electron chi connectivity index (χ3n) is 3.98. The molecule has 0 spiro atoms.